The zero-order valence-corrected chi connectivity index (χ0v) is 10.2. The number of hydrogen-bond acceptors (Lipinski definition) is 7. The fourth-order valence-corrected chi connectivity index (χ4v) is 1.94. The number of imidazole rings is 1. The molecule has 10 heteroatoms. The zero-order valence-electron chi connectivity index (χ0n) is 8.59. The highest BCUT2D eigenvalue weighted by Crippen LogP contribution is 2.18. The molecule has 0 atom stereocenters. The number of rotatable bonds is 2. The number of hydrogen-bond donors (Lipinski definition) is 2. The number of H-pyrrole nitrogens is 1. The van der Waals surface area contributed by atoms with Crippen molar-refractivity contribution in [3.8, 4) is 0 Å². The second-order valence-corrected chi connectivity index (χ2v) is 4.15. The van der Waals surface area contributed by atoms with Crippen LogP contribution >= 0.6 is 23.1 Å². The van der Waals surface area contributed by atoms with E-state index in [1.54, 1.807) is 0 Å². The molecule has 0 spiro atoms. The molecule has 2 N–H and O–H groups in total. The molecule has 0 aliphatic rings. The van der Waals surface area contributed by atoms with Gasteiger partial charge in [-0.2, -0.15) is 9.97 Å². The summed E-state index contributed by atoms with van der Waals surface area (Å²) in [5.74, 6) is -0.382. The molecule has 0 saturated heterocycles. The van der Waals surface area contributed by atoms with Gasteiger partial charge >= 0.3 is 0 Å². The van der Waals surface area contributed by atoms with Crippen molar-refractivity contribution in [2.45, 2.75) is 0 Å². The first-order valence-electron chi connectivity index (χ1n) is 4.69. The summed E-state index contributed by atoms with van der Waals surface area (Å²) in [4.78, 5) is 26.4. The minimum atomic E-state index is -0.449. The molecule has 3 aromatic heterocycles. The molecule has 1 amide bonds. The minimum absolute atomic E-state index is 0.0672. The lowest BCUT2D eigenvalue weighted by Gasteiger charge is -2.01. The van der Waals surface area contributed by atoms with Gasteiger partial charge in [0.2, 0.25) is 5.95 Å². The van der Waals surface area contributed by atoms with Crippen molar-refractivity contribution < 1.29 is 4.79 Å². The molecule has 90 valence electrons. The number of carbonyl (C=O) groups is 1. The zero-order chi connectivity index (χ0) is 12.5. The van der Waals surface area contributed by atoms with Gasteiger partial charge in [0.05, 0.1) is 6.33 Å². The topological polar surface area (TPSA) is 109 Å². The Labute approximate surface area is 109 Å². The van der Waals surface area contributed by atoms with E-state index in [1.807, 2.05) is 0 Å². The van der Waals surface area contributed by atoms with E-state index in [1.165, 1.54) is 11.7 Å². The number of aromatic nitrogens is 6. The Morgan fingerprint density at radius 1 is 1.44 bits per heavy atom. The molecule has 0 aromatic carbocycles. The lowest BCUT2D eigenvalue weighted by Crippen LogP contribution is -2.14. The van der Waals surface area contributed by atoms with Crippen LogP contribution in [0.25, 0.3) is 11.2 Å². The predicted molar refractivity (Wildman–Crippen MR) is 64.6 cm³/mol. The average Bonchev–Trinajstić information content (AvgIpc) is 2.99. The van der Waals surface area contributed by atoms with Gasteiger partial charge in [0.15, 0.2) is 16.5 Å². The Balaban J connectivity index is 1.93. The molecule has 8 nitrogen and oxygen atoms in total. The Hall–Kier alpha value is -2.13. The van der Waals surface area contributed by atoms with Crippen molar-refractivity contribution in [1.82, 2.24) is 29.5 Å². The van der Waals surface area contributed by atoms with Gasteiger partial charge in [0.1, 0.15) is 5.52 Å². The van der Waals surface area contributed by atoms with Crippen LogP contribution in [0.5, 0.6) is 0 Å². The van der Waals surface area contributed by atoms with Gasteiger partial charge in [-0.3, -0.25) is 10.1 Å². The van der Waals surface area contributed by atoms with Crippen LogP contribution in [0.3, 0.4) is 0 Å². The third-order valence-electron chi connectivity index (χ3n) is 2.06. The van der Waals surface area contributed by atoms with Crippen LogP contribution in [0.15, 0.2) is 11.7 Å². The largest absolute Gasteiger partial charge is 0.341 e. The molecule has 0 saturated carbocycles. The fourth-order valence-electron chi connectivity index (χ4n) is 1.28. The van der Waals surface area contributed by atoms with Gasteiger partial charge in [0, 0.05) is 5.38 Å². The maximum absolute atomic E-state index is 11.7. The summed E-state index contributed by atoms with van der Waals surface area (Å²) >= 11 is 6.99. The Morgan fingerprint density at radius 2 is 2.33 bits per heavy atom. The van der Waals surface area contributed by atoms with Crippen molar-refractivity contribution in [2.75, 3.05) is 5.32 Å². The van der Waals surface area contributed by atoms with Gasteiger partial charge in [-0.15, -0.1) is 5.10 Å². The minimum Gasteiger partial charge on any atom is -0.341 e. The highest BCUT2D eigenvalue weighted by atomic mass is 35.5. The number of nitrogens with one attached hydrogen (secondary N) is 2. The van der Waals surface area contributed by atoms with Gasteiger partial charge in [-0.1, -0.05) is 16.1 Å². The van der Waals surface area contributed by atoms with Crippen molar-refractivity contribution in [3.63, 3.8) is 0 Å². The maximum Gasteiger partial charge on any atom is 0.279 e. The molecule has 0 aliphatic carbocycles. The second-order valence-electron chi connectivity index (χ2n) is 3.18. The standard InChI is InChI=1S/C8H4ClN7OS/c9-5-4-6(11-2-10-4)13-8(12-5)14-7(17)3-1-18-16-15-3/h1-2H,(H2,10,11,12,13,14,17). The van der Waals surface area contributed by atoms with Gasteiger partial charge < -0.3 is 4.98 Å². The summed E-state index contributed by atoms with van der Waals surface area (Å²) in [5, 5.41) is 7.81. The van der Waals surface area contributed by atoms with Crippen LogP contribution in [0, 0.1) is 0 Å². The summed E-state index contributed by atoms with van der Waals surface area (Å²) in [6.07, 6.45) is 1.45. The predicted octanol–water partition coefficient (Wildman–Crippen LogP) is 1.11. The summed E-state index contributed by atoms with van der Waals surface area (Å²) < 4.78 is 3.59. The first kappa shape index (κ1) is 11.0. The molecule has 0 radical (unpaired) electrons. The Kier molecular flexibility index (Phi) is 2.61. The number of nitrogens with zero attached hydrogens (tertiary/aromatic N) is 5. The molecular formula is C8H4ClN7OS. The van der Waals surface area contributed by atoms with Crippen molar-refractivity contribution in [2.24, 2.45) is 0 Å². The molecule has 18 heavy (non-hydrogen) atoms. The number of fused-ring (bicyclic) bond motifs is 1. The van der Waals surface area contributed by atoms with Crippen LogP contribution < -0.4 is 5.32 Å². The van der Waals surface area contributed by atoms with Crippen LogP contribution in [0.4, 0.5) is 5.95 Å². The van der Waals surface area contributed by atoms with Crippen molar-refractivity contribution in [1.29, 1.82) is 0 Å². The number of aromatic amines is 1. The summed E-state index contributed by atoms with van der Waals surface area (Å²) in [7, 11) is 0. The fraction of sp³-hybridized carbons (Fsp3) is 0. The summed E-state index contributed by atoms with van der Waals surface area (Å²) in [6, 6.07) is 0. The molecule has 3 rings (SSSR count). The highest BCUT2D eigenvalue weighted by molar-refractivity contribution is 7.03. The average molecular weight is 282 g/mol. The van der Waals surface area contributed by atoms with E-state index in [4.69, 9.17) is 11.6 Å². The lowest BCUT2D eigenvalue weighted by atomic mass is 10.4. The quantitative estimate of drug-likeness (QED) is 0.681. The van der Waals surface area contributed by atoms with Crippen LogP contribution in [-0.4, -0.2) is 35.4 Å². The van der Waals surface area contributed by atoms with E-state index in [2.05, 4.69) is 34.8 Å². The molecule has 0 bridgehead atoms. The molecule has 0 fully saturated rings. The first-order chi connectivity index (χ1) is 8.74. The third-order valence-corrected chi connectivity index (χ3v) is 2.84. The van der Waals surface area contributed by atoms with E-state index in [0.717, 1.165) is 11.5 Å². The summed E-state index contributed by atoms with van der Waals surface area (Å²) in [5.41, 5.74) is 1.09. The van der Waals surface area contributed by atoms with E-state index in [-0.39, 0.29) is 16.8 Å². The third kappa shape index (κ3) is 1.89. The molecule has 0 unspecified atom stereocenters. The van der Waals surface area contributed by atoms with Crippen LogP contribution in [-0.2, 0) is 0 Å². The van der Waals surface area contributed by atoms with E-state index < -0.39 is 5.91 Å². The molecule has 3 aromatic rings. The maximum atomic E-state index is 11.7. The van der Waals surface area contributed by atoms with Gasteiger partial charge in [-0.05, 0) is 11.5 Å². The van der Waals surface area contributed by atoms with E-state index in [0.29, 0.717) is 11.2 Å². The van der Waals surface area contributed by atoms with Gasteiger partial charge in [-0.25, -0.2) is 4.98 Å². The first-order valence-corrected chi connectivity index (χ1v) is 5.90. The number of amides is 1. The Bertz CT molecular complexity index is 709. The molecule has 3 heterocycles. The second kappa shape index (κ2) is 4.27. The van der Waals surface area contributed by atoms with Crippen LogP contribution in [0.2, 0.25) is 5.15 Å². The van der Waals surface area contributed by atoms with Crippen molar-refractivity contribution >= 4 is 46.2 Å². The smallest absolute Gasteiger partial charge is 0.279 e. The van der Waals surface area contributed by atoms with Crippen molar-refractivity contribution in [3.05, 3.63) is 22.6 Å². The number of anilines is 1. The van der Waals surface area contributed by atoms with Crippen LogP contribution in [0.1, 0.15) is 10.5 Å². The lowest BCUT2D eigenvalue weighted by molar-refractivity contribution is 0.102. The highest BCUT2D eigenvalue weighted by Gasteiger charge is 2.13. The van der Waals surface area contributed by atoms with E-state index in [9.17, 15) is 4.79 Å². The van der Waals surface area contributed by atoms with Gasteiger partial charge in [0.25, 0.3) is 5.91 Å². The normalized spacial score (nSPS) is 10.7. The SMILES string of the molecule is O=C(Nc1nc(Cl)c2[nH]cnc2n1)c1csnn1. The number of halogens is 1. The monoisotopic (exact) mass is 281 g/mol. The molecule has 0 aliphatic heterocycles. The number of carbonyl (C=O) groups excluding carboxylic acids is 1. The summed E-state index contributed by atoms with van der Waals surface area (Å²) in [6.45, 7) is 0. The Morgan fingerprint density at radius 3 is 3.11 bits per heavy atom. The van der Waals surface area contributed by atoms with E-state index >= 15 is 0 Å². The molecular weight excluding hydrogens is 278 g/mol.